The second kappa shape index (κ2) is 13.5. The molecule has 180 valence electrons. The van der Waals surface area contributed by atoms with Gasteiger partial charge in [0.1, 0.15) is 24.2 Å². The summed E-state index contributed by atoms with van der Waals surface area (Å²) in [4.78, 5) is 81.1. The first-order valence-electron chi connectivity index (χ1n) is 9.07. The van der Waals surface area contributed by atoms with Crippen molar-refractivity contribution in [2.75, 3.05) is 6.61 Å². The molecule has 0 aliphatic rings. The number of carbonyl (C=O) groups is 7. The summed E-state index contributed by atoms with van der Waals surface area (Å²) in [6.45, 7) is -0.781. The van der Waals surface area contributed by atoms with Crippen molar-refractivity contribution in [3.63, 3.8) is 0 Å². The number of aliphatic hydroxyl groups excluding tert-OH is 1. The normalized spacial score (nSPS) is 14.2. The monoisotopic (exact) mass is 462 g/mol. The van der Waals surface area contributed by atoms with Crippen LogP contribution in [0.25, 0.3) is 0 Å². The number of nitrogens with one attached hydrogen (secondary N) is 3. The van der Waals surface area contributed by atoms with E-state index in [1.165, 1.54) is 0 Å². The number of carboxylic acids is 2. The first kappa shape index (κ1) is 28.2. The van der Waals surface area contributed by atoms with Crippen LogP contribution in [0, 0.1) is 0 Å². The fourth-order valence-corrected chi connectivity index (χ4v) is 2.25. The number of primary amides is 2. The highest BCUT2D eigenvalue weighted by molar-refractivity contribution is 5.97. The Morgan fingerprint density at radius 3 is 1.47 bits per heavy atom. The maximum Gasteiger partial charge on any atom is 0.326 e. The molecule has 0 saturated carbocycles. The maximum absolute atomic E-state index is 12.5. The summed E-state index contributed by atoms with van der Waals surface area (Å²) >= 11 is 0. The first-order chi connectivity index (χ1) is 14.8. The van der Waals surface area contributed by atoms with Gasteiger partial charge in [-0.15, -0.1) is 0 Å². The molecule has 5 amide bonds. The lowest BCUT2D eigenvalue weighted by molar-refractivity contribution is -0.143. The Hall–Kier alpha value is -3.79. The first-order valence-corrected chi connectivity index (χ1v) is 9.07. The number of carboxylic acid groups (broad SMARTS) is 2. The van der Waals surface area contributed by atoms with Crippen LogP contribution in [0.5, 0.6) is 0 Å². The molecule has 4 unspecified atom stereocenters. The van der Waals surface area contributed by atoms with E-state index in [9.17, 15) is 33.6 Å². The number of amides is 5. The van der Waals surface area contributed by atoms with E-state index < -0.39 is 97.9 Å². The van der Waals surface area contributed by atoms with Crippen LogP contribution in [-0.2, 0) is 33.6 Å². The van der Waals surface area contributed by atoms with Gasteiger partial charge < -0.3 is 48.5 Å². The van der Waals surface area contributed by atoms with E-state index in [2.05, 4.69) is 0 Å². The quantitative estimate of drug-likeness (QED) is 0.110. The van der Waals surface area contributed by atoms with Crippen molar-refractivity contribution < 1.29 is 48.9 Å². The van der Waals surface area contributed by atoms with Crippen LogP contribution in [0.1, 0.15) is 25.7 Å². The second-order valence-corrected chi connectivity index (χ2v) is 6.58. The third-order valence-corrected chi connectivity index (χ3v) is 3.87. The molecule has 12 N–H and O–H groups in total. The van der Waals surface area contributed by atoms with Crippen molar-refractivity contribution in [2.45, 2.75) is 49.9 Å². The predicted octanol–water partition coefficient (Wildman–Crippen LogP) is -5.54. The van der Waals surface area contributed by atoms with Crippen LogP contribution in [0.4, 0.5) is 0 Å². The summed E-state index contributed by atoms with van der Waals surface area (Å²) < 4.78 is 0. The molecule has 0 aliphatic carbocycles. The summed E-state index contributed by atoms with van der Waals surface area (Å²) in [5.74, 6) is -8.37. The maximum atomic E-state index is 12.5. The average Bonchev–Trinajstić information content (AvgIpc) is 2.67. The molecule has 0 aliphatic heterocycles. The van der Waals surface area contributed by atoms with Gasteiger partial charge in [0, 0.05) is 6.42 Å². The Bertz CT molecular complexity index is 758. The van der Waals surface area contributed by atoms with Crippen molar-refractivity contribution in [1.82, 2.24) is 16.0 Å². The Kier molecular flexibility index (Phi) is 11.9. The predicted molar refractivity (Wildman–Crippen MR) is 103 cm³/mol. The summed E-state index contributed by atoms with van der Waals surface area (Å²) in [5, 5.41) is 32.7. The van der Waals surface area contributed by atoms with E-state index in [0.29, 0.717) is 0 Å². The zero-order valence-corrected chi connectivity index (χ0v) is 16.8. The molecule has 0 fully saturated rings. The topological polar surface area (TPSA) is 294 Å². The Morgan fingerprint density at radius 1 is 0.719 bits per heavy atom. The molecule has 16 nitrogen and oxygen atoms in total. The van der Waals surface area contributed by atoms with Crippen molar-refractivity contribution in [3.05, 3.63) is 0 Å². The molecule has 0 heterocycles. The van der Waals surface area contributed by atoms with Crippen molar-refractivity contribution in [2.24, 2.45) is 17.2 Å². The van der Waals surface area contributed by atoms with E-state index >= 15 is 0 Å². The molecule has 4 atom stereocenters. The molecule has 0 radical (unpaired) electrons. The molecule has 0 spiro atoms. The largest absolute Gasteiger partial charge is 0.481 e. The highest BCUT2D eigenvalue weighted by atomic mass is 16.4. The van der Waals surface area contributed by atoms with E-state index in [1.807, 2.05) is 16.0 Å². The van der Waals surface area contributed by atoms with Crippen molar-refractivity contribution >= 4 is 41.5 Å². The second-order valence-electron chi connectivity index (χ2n) is 6.58. The third-order valence-electron chi connectivity index (χ3n) is 3.87. The highest BCUT2D eigenvalue weighted by Crippen LogP contribution is 2.02. The third kappa shape index (κ3) is 10.8. The SMILES string of the molecule is NC(=O)CC(NC(=O)C(N)CO)C(=O)NC(CC(N)=O)C(=O)NC(CCC(=O)O)C(=O)O. The van der Waals surface area contributed by atoms with E-state index in [4.69, 9.17) is 32.5 Å². The van der Waals surface area contributed by atoms with E-state index in [0.717, 1.165) is 0 Å². The smallest absolute Gasteiger partial charge is 0.326 e. The standard InChI is InChI=1S/C16H26N6O10/c17-6(5-23)13(28)21-8(3-10(18)24)15(30)22-9(4-11(19)25)14(29)20-7(16(31)32)1-2-12(26)27/h6-9,23H,1-5,17H2,(H2,18,24)(H2,19,25)(H,20,29)(H,21,28)(H,22,30)(H,26,27)(H,31,32). The molecule has 16 heteroatoms. The van der Waals surface area contributed by atoms with Crippen LogP contribution in [0.3, 0.4) is 0 Å². The Labute approximate surface area is 180 Å². The Balaban J connectivity index is 5.51. The van der Waals surface area contributed by atoms with Crippen molar-refractivity contribution in [1.29, 1.82) is 0 Å². The summed E-state index contributed by atoms with van der Waals surface area (Å²) in [7, 11) is 0. The number of aliphatic hydroxyl groups is 1. The molecule has 0 aromatic heterocycles. The molecular weight excluding hydrogens is 436 g/mol. The van der Waals surface area contributed by atoms with E-state index in [-0.39, 0.29) is 0 Å². The van der Waals surface area contributed by atoms with Gasteiger partial charge in [0.25, 0.3) is 0 Å². The molecule has 0 saturated heterocycles. The van der Waals surface area contributed by atoms with Gasteiger partial charge in [-0.25, -0.2) is 4.79 Å². The number of aliphatic carboxylic acids is 2. The van der Waals surface area contributed by atoms with Crippen LogP contribution in [0.2, 0.25) is 0 Å². The minimum Gasteiger partial charge on any atom is -0.481 e. The van der Waals surface area contributed by atoms with Crippen LogP contribution in [-0.4, -0.2) is 87.6 Å². The number of rotatable bonds is 15. The summed E-state index contributed by atoms with van der Waals surface area (Å²) in [6.07, 6.45) is -2.62. The number of hydrogen-bond acceptors (Lipinski definition) is 9. The van der Waals surface area contributed by atoms with Crippen LogP contribution < -0.4 is 33.2 Å². The number of carbonyl (C=O) groups excluding carboxylic acids is 5. The van der Waals surface area contributed by atoms with Gasteiger partial charge in [-0.3, -0.25) is 28.8 Å². The van der Waals surface area contributed by atoms with E-state index in [1.54, 1.807) is 0 Å². The number of nitrogens with two attached hydrogens (primary N) is 3. The molecule has 0 aromatic carbocycles. The van der Waals surface area contributed by atoms with Gasteiger partial charge in [-0.2, -0.15) is 0 Å². The fourth-order valence-electron chi connectivity index (χ4n) is 2.25. The lowest BCUT2D eigenvalue weighted by atomic mass is 10.1. The van der Waals surface area contributed by atoms with Gasteiger partial charge in [0.2, 0.25) is 29.5 Å². The van der Waals surface area contributed by atoms with Crippen molar-refractivity contribution in [3.8, 4) is 0 Å². The number of hydrogen-bond donors (Lipinski definition) is 9. The lowest BCUT2D eigenvalue weighted by Crippen LogP contribution is -2.58. The average molecular weight is 462 g/mol. The zero-order valence-electron chi connectivity index (χ0n) is 16.8. The molecule has 0 rings (SSSR count). The summed E-state index contributed by atoms with van der Waals surface area (Å²) in [6, 6.07) is -6.48. The van der Waals surface area contributed by atoms with Crippen LogP contribution in [0.15, 0.2) is 0 Å². The fraction of sp³-hybridized carbons (Fsp3) is 0.562. The van der Waals surface area contributed by atoms with Gasteiger partial charge >= 0.3 is 11.9 Å². The van der Waals surface area contributed by atoms with Crippen LogP contribution >= 0.6 is 0 Å². The minimum absolute atomic E-state index is 0.493. The van der Waals surface area contributed by atoms with Gasteiger partial charge in [-0.05, 0) is 6.42 Å². The highest BCUT2D eigenvalue weighted by Gasteiger charge is 2.32. The summed E-state index contributed by atoms with van der Waals surface area (Å²) in [5.41, 5.74) is 15.4. The minimum atomic E-state index is -1.73. The molecule has 0 aromatic rings. The van der Waals surface area contributed by atoms with Gasteiger partial charge in [0.05, 0.1) is 19.4 Å². The lowest BCUT2D eigenvalue weighted by Gasteiger charge is -2.24. The molecule has 0 bridgehead atoms. The van der Waals surface area contributed by atoms with Gasteiger partial charge in [0.15, 0.2) is 0 Å². The zero-order chi connectivity index (χ0) is 25.0. The Morgan fingerprint density at radius 2 is 1.12 bits per heavy atom. The van der Waals surface area contributed by atoms with Gasteiger partial charge in [-0.1, -0.05) is 0 Å². The molecule has 32 heavy (non-hydrogen) atoms. The molecular formula is C16H26N6O10.